The fraction of sp³-hybridized carbons (Fsp3) is 0.625. The van der Waals surface area contributed by atoms with E-state index < -0.39 is 6.10 Å². The standard InChI is InChI=1S/C16H26N2O2/c1-16(2)12-20-9-8-18(16)11-15(19)14(17)10-13-6-4-3-5-7-13/h3-7,14-15,19H,8-12,17H2,1-2H3. The highest BCUT2D eigenvalue weighted by Gasteiger charge is 2.32. The molecule has 0 amide bonds. The number of aliphatic hydroxyl groups excluding tert-OH is 1. The van der Waals surface area contributed by atoms with E-state index in [1.54, 1.807) is 0 Å². The highest BCUT2D eigenvalue weighted by Crippen LogP contribution is 2.19. The first-order valence-electron chi connectivity index (χ1n) is 7.29. The van der Waals surface area contributed by atoms with Crippen molar-refractivity contribution in [2.45, 2.75) is 38.0 Å². The minimum Gasteiger partial charge on any atom is -0.390 e. The van der Waals surface area contributed by atoms with Gasteiger partial charge in [-0.25, -0.2) is 0 Å². The van der Waals surface area contributed by atoms with Crippen LogP contribution in [0.1, 0.15) is 19.4 Å². The third kappa shape index (κ3) is 4.03. The van der Waals surface area contributed by atoms with Gasteiger partial charge >= 0.3 is 0 Å². The summed E-state index contributed by atoms with van der Waals surface area (Å²) < 4.78 is 5.50. The van der Waals surface area contributed by atoms with E-state index in [4.69, 9.17) is 10.5 Å². The van der Waals surface area contributed by atoms with E-state index in [0.717, 1.165) is 13.2 Å². The van der Waals surface area contributed by atoms with Crippen LogP contribution in [0.2, 0.25) is 0 Å². The summed E-state index contributed by atoms with van der Waals surface area (Å²) in [5.74, 6) is 0. The summed E-state index contributed by atoms with van der Waals surface area (Å²) in [6.07, 6.45) is 0.180. The zero-order chi connectivity index (χ0) is 14.6. The second-order valence-corrected chi connectivity index (χ2v) is 6.23. The quantitative estimate of drug-likeness (QED) is 0.844. The number of nitrogens with zero attached hydrogens (tertiary/aromatic N) is 1. The average Bonchev–Trinajstić information content (AvgIpc) is 2.42. The third-order valence-electron chi connectivity index (χ3n) is 4.03. The van der Waals surface area contributed by atoms with E-state index in [0.29, 0.717) is 19.6 Å². The number of aliphatic hydroxyl groups is 1. The molecule has 0 bridgehead atoms. The highest BCUT2D eigenvalue weighted by atomic mass is 16.5. The van der Waals surface area contributed by atoms with Crippen LogP contribution in [0.5, 0.6) is 0 Å². The maximum atomic E-state index is 10.4. The summed E-state index contributed by atoms with van der Waals surface area (Å²) in [5.41, 5.74) is 7.28. The van der Waals surface area contributed by atoms with Gasteiger partial charge in [0.25, 0.3) is 0 Å². The largest absolute Gasteiger partial charge is 0.390 e. The Bertz CT molecular complexity index is 408. The van der Waals surface area contributed by atoms with Crippen LogP contribution in [0.3, 0.4) is 0 Å². The summed E-state index contributed by atoms with van der Waals surface area (Å²) in [6, 6.07) is 9.84. The Morgan fingerprint density at radius 3 is 2.70 bits per heavy atom. The molecule has 1 aromatic rings. The Kier molecular flexibility index (Phi) is 5.16. The van der Waals surface area contributed by atoms with Gasteiger partial charge in [-0.2, -0.15) is 0 Å². The molecule has 20 heavy (non-hydrogen) atoms. The molecule has 0 radical (unpaired) electrons. The monoisotopic (exact) mass is 278 g/mol. The summed E-state index contributed by atoms with van der Waals surface area (Å²) in [7, 11) is 0. The number of β-amino-alcohol motifs (C(OH)–C–C–N with tert-alkyl or cyclic N) is 1. The summed E-state index contributed by atoms with van der Waals surface area (Å²) in [5, 5.41) is 10.4. The van der Waals surface area contributed by atoms with Crippen LogP contribution >= 0.6 is 0 Å². The van der Waals surface area contributed by atoms with Crippen LogP contribution < -0.4 is 5.73 Å². The molecule has 4 heteroatoms. The van der Waals surface area contributed by atoms with Crippen LogP contribution in [-0.4, -0.2) is 54.0 Å². The molecule has 2 rings (SSSR count). The van der Waals surface area contributed by atoms with Gasteiger partial charge in [-0.1, -0.05) is 30.3 Å². The van der Waals surface area contributed by atoms with E-state index >= 15 is 0 Å². The SMILES string of the molecule is CC1(C)COCCN1CC(O)C(N)Cc1ccccc1. The van der Waals surface area contributed by atoms with E-state index in [1.807, 2.05) is 30.3 Å². The predicted octanol–water partition coefficient (Wildman–Crippen LogP) is 1.03. The molecule has 1 fully saturated rings. The van der Waals surface area contributed by atoms with Crippen molar-refractivity contribution in [2.24, 2.45) is 5.73 Å². The fourth-order valence-corrected chi connectivity index (χ4v) is 2.61. The molecule has 1 aliphatic heterocycles. The average molecular weight is 278 g/mol. The smallest absolute Gasteiger partial charge is 0.0821 e. The second kappa shape index (κ2) is 6.68. The third-order valence-corrected chi connectivity index (χ3v) is 4.03. The maximum absolute atomic E-state index is 10.4. The predicted molar refractivity (Wildman–Crippen MR) is 80.6 cm³/mol. The van der Waals surface area contributed by atoms with Gasteiger partial charge in [-0.3, -0.25) is 4.90 Å². The van der Waals surface area contributed by atoms with Crippen LogP contribution in [0.15, 0.2) is 30.3 Å². The number of rotatable bonds is 5. The Morgan fingerprint density at radius 1 is 1.35 bits per heavy atom. The van der Waals surface area contributed by atoms with Crippen LogP contribution in [0.25, 0.3) is 0 Å². The van der Waals surface area contributed by atoms with Gasteiger partial charge in [0.1, 0.15) is 0 Å². The van der Waals surface area contributed by atoms with Gasteiger partial charge < -0.3 is 15.6 Å². The fourth-order valence-electron chi connectivity index (χ4n) is 2.61. The van der Waals surface area contributed by atoms with E-state index in [9.17, 15) is 5.11 Å². The van der Waals surface area contributed by atoms with Gasteiger partial charge in [-0.15, -0.1) is 0 Å². The van der Waals surface area contributed by atoms with Crippen molar-refractivity contribution in [3.8, 4) is 0 Å². The summed E-state index contributed by atoms with van der Waals surface area (Å²) >= 11 is 0. The number of morpholine rings is 1. The highest BCUT2D eigenvalue weighted by molar-refractivity contribution is 5.16. The first kappa shape index (κ1) is 15.4. The van der Waals surface area contributed by atoms with Crippen molar-refractivity contribution in [1.29, 1.82) is 0 Å². The first-order chi connectivity index (χ1) is 9.49. The molecule has 112 valence electrons. The van der Waals surface area contributed by atoms with Crippen LogP contribution in [0, 0.1) is 0 Å². The van der Waals surface area contributed by atoms with Gasteiger partial charge in [0.05, 0.1) is 19.3 Å². The number of benzene rings is 1. The van der Waals surface area contributed by atoms with Gasteiger partial charge in [0.2, 0.25) is 0 Å². The van der Waals surface area contributed by atoms with Gasteiger partial charge in [0.15, 0.2) is 0 Å². The molecule has 0 saturated carbocycles. The number of ether oxygens (including phenoxy) is 1. The van der Waals surface area contributed by atoms with E-state index in [1.165, 1.54) is 5.56 Å². The molecule has 1 saturated heterocycles. The van der Waals surface area contributed by atoms with Gasteiger partial charge in [0, 0.05) is 24.7 Å². The lowest BCUT2D eigenvalue weighted by atomic mass is 9.98. The number of hydrogen-bond acceptors (Lipinski definition) is 4. The molecule has 4 nitrogen and oxygen atoms in total. The Morgan fingerprint density at radius 2 is 2.05 bits per heavy atom. The van der Waals surface area contributed by atoms with Crippen molar-refractivity contribution < 1.29 is 9.84 Å². The molecule has 1 aromatic carbocycles. The van der Waals surface area contributed by atoms with Crippen molar-refractivity contribution in [1.82, 2.24) is 4.90 Å². The molecular weight excluding hydrogens is 252 g/mol. The molecule has 2 atom stereocenters. The molecule has 1 aliphatic rings. The molecule has 0 spiro atoms. The molecule has 0 aromatic heterocycles. The van der Waals surface area contributed by atoms with Crippen molar-refractivity contribution in [2.75, 3.05) is 26.3 Å². The van der Waals surface area contributed by atoms with Crippen LogP contribution in [-0.2, 0) is 11.2 Å². The minimum absolute atomic E-state index is 0.0360. The number of nitrogens with two attached hydrogens (primary N) is 1. The zero-order valence-electron chi connectivity index (χ0n) is 12.5. The zero-order valence-corrected chi connectivity index (χ0v) is 12.5. The lowest BCUT2D eigenvalue weighted by Gasteiger charge is -2.43. The lowest BCUT2D eigenvalue weighted by molar-refractivity contribution is -0.0687. The molecule has 2 unspecified atom stereocenters. The molecule has 3 N–H and O–H groups in total. The van der Waals surface area contributed by atoms with Gasteiger partial charge in [-0.05, 0) is 25.8 Å². The second-order valence-electron chi connectivity index (χ2n) is 6.23. The van der Waals surface area contributed by atoms with Crippen LogP contribution in [0.4, 0.5) is 0 Å². The van der Waals surface area contributed by atoms with E-state index in [-0.39, 0.29) is 11.6 Å². The Hall–Kier alpha value is -0.940. The topological polar surface area (TPSA) is 58.7 Å². The molecular formula is C16H26N2O2. The maximum Gasteiger partial charge on any atom is 0.0821 e. The Labute approximate surface area is 121 Å². The van der Waals surface area contributed by atoms with Crippen molar-refractivity contribution in [3.63, 3.8) is 0 Å². The lowest BCUT2D eigenvalue weighted by Crippen LogP contribution is -2.57. The van der Waals surface area contributed by atoms with Crippen molar-refractivity contribution >= 4 is 0 Å². The summed E-state index contributed by atoms with van der Waals surface area (Å²) in [4.78, 5) is 2.27. The Balaban J connectivity index is 1.89. The number of hydrogen-bond donors (Lipinski definition) is 2. The van der Waals surface area contributed by atoms with Crippen molar-refractivity contribution in [3.05, 3.63) is 35.9 Å². The molecule has 1 heterocycles. The normalized spacial score (nSPS) is 22.4. The summed E-state index contributed by atoms with van der Waals surface area (Å²) in [6.45, 7) is 7.16. The minimum atomic E-state index is -0.521. The van der Waals surface area contributed by atoms with E-state index in [2.05, 4.69) is 18.7 Å². The first-order valence-corrected chi connectivity index (χ1v) is 7.29. The molecule has 0 aliphatic carbocycles.